The minimum atomic E-state index is -0.555. The van der Waals surface area contributed by atoms with Crippen molar-refractivity contribution in [2.75, 3.05) is 6.61 Å². The number of hydrogen-bond acceptors (Lipinski definition) is 6. The summed E-state index contributed by atoms with van der Waals surface area (Å²) in [4.78, 5) is 24.9. The van der Waals surface area contributed by atoms with Gasteiger partial charge >= 0.3 is 5.97 Å². The van der Waals surface area contributed by atoms with Gasteiger partial charge in [-0.05, 0) is 42.8 Å². The molecule has 0 radical (unpaired) electrons. The Morgan fingerprint density at radius 3 is 2.67 bits per heavy atom. The topological polar surface area (TPSA) is 96.4 Å². The van der Waals surface area contributed by atoms with Crippen molar-refractivity contribution >= 4 is 33.4 Å². The normalized spacial score (nSPS) is 10.8. The quantitative estimate of drug-likeness (QED) is 0.460. The molecule has 0 aliphatic heterocycles. The van der Waals surface area contributed by atoms with Crippen molar-refractivity contribution in [3.05, 3.63) is 76.8 Å². The summed E-state index contributed by atoms with van der Waals surface area (Å²) in [5.74, 6) is -0.470. The van der Waals surface area contributed by atoms with Gasteiger partial charge in [0.1, 0.15) is 22.1 Å². The molecule has 4 aromatic rings. The summed E-state index contributed by atoms with van der Waals surface area (Å²) in [5, 5.41) is 5.51. The second-order valence-electron chi connectivity index (χ2n) is 6.64. The van der Waals surface area contributed by atoms with Crippen LogP contribution in [0.2, 0.25) is 0 Å². The summed E-state index contributed by atoms with van der Waals surface area (Å²) in [6, 6.07) is 18.6. The predicted molar refractivity (Wildman–Crippen MR) is 114 cm³/mol. The largest absolute Gasteiger partial charge is 0.484 e. The molecule has 0 aliphatic carbocycles. The monoisotopic (exact) mass is 421 g/mol. The Labute approximate surface area is 176 Å². The first kappa shape index (κ1) is 19.7. The van der Waals surface area contributed by atoms with Crippen molar-refractivity contribution in [3.8, 4) is 11.4 Å². The zero-order valence-electron chi connectivity index (χ0n) is 16.2. The number of ether oxygens (including phenoxy) is 2. The fraction of sp³-hybridized carbons (Fsp3) is 0.136. The van der Waals surface area contributed by atoms with E-state index >= 15 is 0 Å². The number of hydrogen-bond donors (Lipinski definition) is 1. The van der Waals surface area contributed by atoms with Crippen LogP contribution in [-0.2, 0) is 16.1 Å². The first-order valence-electron chi connectivity index (χ1n) is 9.23. The van der Waals surface area contributed by atoms with E-state index in [4.69, 9.17) is 15.2 Å². The average molecular weight is 421 g/mol. The predicted octanol–water partition coefficient (Wildman–Crippen LogP) is 3.62. The minimum absolute atomic E-state index is 0.0879. The Bertz CT molecular complexity index is 1210. The van der Waals surface area contributed by atoms with Crippen molar-refractivity contribution in [1.29, 1.82) is 0 Å². The van der Waals surface area contributed by atoms with Crippen LogP contribution in [0.4, 0.5) is 0 Å². The number of primary amides is 1. The molecule has 30 heavy (non-hydrogen) atoms. The molecule has 2 aromatic heterocycles. The summed E-state index contributed by atoms with van der Waals surface area (Å²) in [7, 11) is 0. The van der Waals surface area contributed by atoms with E-state index in [2.05, 4.69) is 5.10 Å². The Morgan fingerprint density at radius 2 is 1.90 bits per heavy atom. The second kappa shape index (κ2) is 8.38. The maximum Gasteiger partial charge on any atom is 0.348 e. The van der Waals surface area contributed by atoms with Gasteiger partial charge < -0.3 is 15.2 Å². The number of carbonyl (C=O) groups excluding carboxylic acids is 2. The highest BCUT2D eigenvalue weighted by Gasteiger charge is 2.18. The van der Waals surface area contributed by atoms with E-state index < -0.39 is 11.9 Å². The lowest BCUT2D eigenvalue weighted by atomic mass is 10.2. The van der Waals surface area contributed by atoms with Crippen molar-refractivity contribution < 1.29 is 19.1 Å². The number of fused-ring (bicyclic) bond motifs is 1. The number of aromatic nitrogens is 2. The number of thiophene rings is 1. The molecule has 2 heterocycles. The lowest BCUT2D eigenvalue weighted by Crippen LogP contribution is -2.20. The van der Waals surface area contributed by atoms with Crippen molar-refractivity contribution in [1.82, 2.24) is 9.78 Å². The Morgan fingerprint density at radius 1 is 1.10 bits per heavy atom. The number of esters is 1. The molecular formula is C22H19N3O4S. The molecule has 1 amide bonds. The fourth-order valence-corrected chi connectivity index (χ4v) is 4.07. The molecule has 0 fully saturated rings. The first-order valence-corrected chi connectivity index (χ1v) is 10.0. The molecule has 0 bridgehead atoms. The molecule has 2 aromatic carbocycles. The summed E-state index contributed by atoms with van der Waals surface area (Å²) in [6.07, 6.45) is 0. The molecular weight excluding hydrogens is 402 g/mol. The van der Waals surface area contributed by atoms with Crippen LogP contribution in [0, 0.1) is 6.92 Å². The van der Waals surface area contributed by atoms with E-state index in [0.717, 1.165) is 27.2 Å². The third kappa shape index (κ3) is 4.18. The highest BCUT2D eigenvalue weighted by Crippen LogP contribution is 2.31. The van der Waals surface area contributed by atoms with Gasteiger partial charge in [0.2, 0.25) is 0 Å². The fourth-order valence-electron chi connectivity index (χ4n) is 2.99. The van der Waals surface area contributed by atoms with Crippen LogP contribution in [0.15, 0.2) is 60.7 Å². The number of para-hydroxylation sites is 1. The standard InChI is InChI=1S/C22H19N3O4S/c1-14-18-11-19(30-21(18)25(24-14)16-7-3-2-4-8-16)22(27)29-12-15-6-5-9-17(10-15)28-13-20(23)26/h2-11H,12-13H2,1H3,(H2,23,26). The van der Waals surface area contributed by atoms with Crippen LogP contribution in [0.5, 0.6) is 5.75 Å². The lowest BCUT2D eigenvalue weighted by molar-refractivity contribution is -0.119. The number of rotatable bonds is 7. The molecule has 0 unspecified atom stereocenters. The minimum Gasteiger partial charge on any atom is -0.484 e. The van der Waals surface area contributed by atoms with Crippen LogP contribution in [0.3, 0.4) is 0 Å². The van der Waals surface area contributed by atoms with Crippen LogP contribution in [-0.4, -0.2) is 28.3 Å². The third-order valence-electron chi connectivity index (χ3n) is 4.40. The molecule has 0 aliphatic rings. The summed E-state index contributed by atoms with van der Waals surface area (Å²) in [6.45, 7) is 1.80. The van der Waals surface area contributed by atoms with E-state index in [1.54, 1.807) is 18.2 Å². The van der Waals surface area contributed by atoms with E-state index in [9.17, 15) is 9.59 Å². The highest BCUT2D eigenvalue weighted by atomic mass is 32.1. The van der Waals surface area contributed by atoms with Crippen molar-refractivity contribution in [3.63, 3.8) is 0 Å². The van der Waals surface area contributed by atoms with Gasteiger partial charge in [0.05, 0.1) is 11.4 Å². The van der Waals surface area contributed by atoms with Gasteiger partial charge in [-0.1, -0.05) is 30.3 Å². The Balaban J connectivity index is 1.49. The zero-order chi connectivity index (χ0) is 21.1. The molecule has 0 saturated carbocycles. The van der Waals surface area contributed by atoms with Crippen LogP contribution < -0.4 is 10.5 Å². The number of nitrogens with two attached hydrogens (primary N) is 1. The zero-order valence-corrected chi connectivity index (χ0v) is 17.0. The number of aryl methyl sites for hydroxylation is 1. The molecule has 0 saturated heterocycles. The van der Waals surface area contributed by atoms with Crippen LogP contribution >= 0.6 is 11.3 Å². The molecule has 7 nitrogen and oxygen atoms in total. The number of benzene rings is 2. The van der Waals surface area contributed by atoms with E-state index in [-0.39, 0.29) is 13.2 Å². The second-order valence-corrected chi connectivity index (χ2v) is 7.67. The van der Waals surface area contributed by atoms with Crippen LogP contribution in [0.25, 0.3) is 15.9 Å². The maximum atomic E-state index is 12.6. The molecule has 0 atom stereocenters. The number of amides is 1. The summed E-state index contributed by atoms with van der Waals surface area (Å²) < 4.78 is 12.6. The smallest absolute Gasteiger partial charge is 0.348 e. The summed E-state index contributed by atoms with van der Waals surface area (Å²) >= 11 is 1.35. The van der Waals surface area contributed by atoms with Gasteiger partial charge in [-0.25, -0.2) is 9.48 Å². The highest BCUT2D eigenvalue weighted by molar-refractivity contribution is 7.20. The van der Waals surface area contributed by atoms with E-state index in [1.165, 1.54) is 11.3 Å². The molecule has 0 spiro atoms. The molecule has 2 N–H and O–H groups in total. The summed E-state index contributed by atoms with van der Waals surface area (Å²) in [5.41, 5.74) is 7.62. The first-order chi connectivity index (χ1) is 14.5. The van der Waals surface area contributed by atoms with Gasteiger partial charge in [0, 0.05) is 5.39 Å². The molecule has 8 heteroatoms. The maximum absolute atomic E-state index is 12.6. The van der Waals surface area contributed by atoms with Gasteiger partial charge in [-0.3, -0.25) is 4.79 Å². The van der Waals surface area contributed by atoms with Gasteiger partial charge in [0.15, 0.2) is 6.61 Å². The number of carbonyl (C=O) groups is 2. The number of nitrogens with zero attached hydrogens (tertiary/aromatic N) is 2. The SMILES string of the molecule is Cc1nn(-c2ccccc2)c2sc(C(=O)OCc3cccc(OCC(N)=O)c3)cc12. The van der Waals surface area contributed by atoms with Gasteiger partial charge in [-0.2, -0.15) is 5.10 Å². The van der Waals surface area contributed by atoms with Crippen molar-refractivity contribution in [2.45, 2.75) is 13.5 Å². The Kier molecular flexibility index (Phi) is 5.49. The van der Waals surface area contributed by atoms with Crippen molar-refractivity contribution in [2.24, 2.45) is 5.73 Å². The third-order valence-corrected chi connectivity index (χ3v) is 5.49. The average Bonchev–Trinajstić information content (AvgIpc) is 3.32. The lowest BCUT2D eigenvalue weighted by Gasteiger charge is -2.07. The molecule has 152 valence electrons. The van der Waals surface area contributed by atoms with Crippen LogP contribution in [0.1, 0.15) is 20.9 Å². The van der Waals surface area contributed by atoms with Gasteiger partial charge in [-0.15, -0.1) is 11.3 Å². The van der Waals surface area contributed by atoms with E-state index in [1.807, 2.05) is 54.1 Å². The molecule has 4 rings (SSSR count). The van der Waals surface area contributed by atoms with E-state index in [0.29, 0.717) is 10.6 Å². The van der Waals surface area contributed by atoms with Gasteiger partial charge in [0.25, 0.3) is 5.91 Å². The Hall–Kier alpha value is -3.65.